The summed E-state index contributed by atoms with van der Waals surface area (Å²) in [7, 11) is 0. The molecule has 1 aliphatic heterocycles. The van der Waals surface area contributed by atoms with E-state index in [-0.39, 0.29) is 0 Å². The number of tetrazole rings is 1. The minimum Gasteiger partial charge on any atom is -0.313 e. The number of hydrogen-bond donors (Lipinski definition) is 1. The lowest BCUT2D eigenvalue weighted by atomic mass is 10.3. The van der Waals surface area contributed by atoms with Crippen molar-refractivity contribution in [3.63, 3.8) is 0 Å². The lowest BCUT2D eigenvalue weighted by Crippen LogP contribution is -2.23. The van der Waals surface area contributed by atoms with Crippen molar-refractivity contribution in [2.45, 2.75) is 42.9 Å². The van der Waals surface area contributed by atoms with Crippen LogP contribution in [-0.2, 0) is 0 Å². The Morgan fingerprint density at radius 2 is 2.33 bits per heavy atom. The van der Waals surface area contributed by atoms with Crippen molar-refractivity contribution in [1.29, 1.82) is 0 Å². The number of rotatable bonds is 4. The van der Waals surface area contributed by atoms with Gasteiger partial charge in [-0.2, -0.15) is 0 Å². The zero-order chi connectivity index (χ0) is 10.1. The van der Waals surface area contributed by atoms with E-state index in [0.717, 1.165) is 10.9 Å². The van der Waals surface area contributed by atoms with E-state index in [9.17, 15) is 0 Å². The van der Waals surface area contributed by atoms with Crippen molar-refractivity contribution >= 4 is 11.8 Å². The van der Waals surface area contributed by atoms with Gasteiger partial charge in [-0.3, -0.25) is 0 Å². The molecule has 1 aliphatic carbocycles. The third-order valence-corrected chi connectivity index (χ3v) is 4.03. The molecule has 3 rings (SSSR count). The van der Waals surface area contributed by atoms with Crippen LogP contribution < -0.4 is 5.32 Å². The van der Waals surface area contributed by atoms with Crippen LogP contribution in [0.1, 0.15) is 31.7 Å². The molecule has 2 heterocycles. The van der Waals surface area contributed by atoms with Gasteiger partial charge in [-0.15, -0.1) is 5.10 Å². The van der Waals surface area contributed by atoms with E-state index in [2.05, 4.69) is 20.8 Å². The highest BCUT2D eigenvalue weighted by atomic mass is 32.2. The minimum atomic E-state index is 0.582. The molecule has 2 fully saturated rings. The van der Waals surface area contributed by atoms with E-state index < -0.39 is 0 Å². The second-order valence-corrected chi connectivity index (χ2v) is 5.23. The molecule has 82 valence electrons. The summed E-state index contributed by atoms with van der Waals surface area (Å²) in [5.41, 5.74) is 0. The molecule has 0 bridgehead atoms. The van der Waals surface area contributed by atoms with Crippen LogP contribution in [0, 0.1) is 0 Å². The molecule has 5 nitrogen and oxygen atoms in total. The van der Waals surface area contributed by atoms with Crippen LogP contribution in [0.2, 0.25) is 0 Å². The number of aromatic nitrogens is 4. The van der Waals surface area contributed by atoms with Crippen molar-refractivity contribution in [3.8, 4) is 0 Å². The normalized spacial score (nSPS) is 26.0. The average Bonchev–Trinajstić information content (AvgIpc) is 2.81. The zero-order valence-corrected chi connectivity index (χ0v) is 9.41. The van der Waals surface area contributed by atoms with Gasteiger partial charge in [-0.1, -0.05) is 11.8 Å². The average molecular weight is 225 g/mol. The maximum atomic E-state index is 4.08. The lowest BCUT2D eigenvalue weighted by Gasteiger charge is -2.08. The van der Waals surface area contributed by atoms with Crippen molar-refractivity contribution in [2.24, 2.45) is 0 Å². The summed E-state index contributed by atoms with van der Waals surface area (Å²) in [5, 5.41) is 16.3. The van der Waals surface area contributed by atoms with E-state index >= 15 is 0 Å². The molecule has 1 aromatic rings. The summed E-state index contributed by atoms with van der Waals surface area (Å²) in [5.74, 6) is 1.09. The Morgan fingerprint density at radius 3 is 3.07 bits per heavy atom. The molecule has 2 aliphatic rings. The van der Waals surface area contributed by atoms with Crippen LogP contribution in [0.3, 0.4) is 0 Å². The van der Waals surface area contributed by atoms with Crippen LogP contribution in [0.15, 0.2) is 5.16 Å². The predicted molar refractivity (Wildman–Crippen MR) is 57.8 cm³/mol. The van der Waals surface area contributed by atoms with Gasteiger partial charge in [0.1, 0.15) is 0 Å². The molecule has 1 aromatic heterocycles. The molecule has 1 atom stereocenters. The SMILES string of the molecule is C1CN[C@@H](CSc2nnnn2C2CC2)C1. The Morgan fingerprint density at radius 1 is 1.40 bits per heavy atom. The molecular formula is C9H15N5S. The van der Waals surface area contributed by atoms with Gasteiger partial charge in [0.05, 0.1) is 6.04 Å². The van der Waals surface area contributed by atoms with Gasteiger partial charge in [0, 0.05) is 11.8 Å². The van der Waals surface area contributed by atoms with E-state index in [1.807, 2.05) is 4.68 Å². The largest absolute Gasteiger partial charge is 0.313 e. The number of nitrogens with one attached hydrogen (secondary N) is 1. The molecule has 1 saturated heterocycles. The second-order valence-electron chi connectivity index (χ2n) is 4.24. The standard InChI is InChI=1S/C9H15N5S/c1-2-7(10-5-1)6-15-9-11-12-13-14(9)8-3-4-8/h7-8,10H,1-6H2/t7-/m1/s1. The highest BCUT2D eigenvalue weighted by Gasteiger charge is 2.28. The van der Waals surface area contributed by atoms with Gasteiger partial charge in [0.2, 0.25) is 5.16 Å². The second kappa shape index (κ2) is 4.09. The first kappa shape index (κ1) is 9.59. The first-order valence-corrected chi connectivity index (χ1v) is 6.56. The maximum absolute atomic E-state index is 4.08. The molecule has 0 unspecified atom stereocenters. The molecule has 1 saturated carbocycles. The third-order valence-electron chi connectivity index (χ3n) is 2.93. The fraction of sp³-hybridized carbons (Fsp3) is 0.889. The van der Waals surface area contributed by atoms with Gasteiger partial charge < -0.3 is 5.32 Å². The van der Waals surface area contributed by atoms with Gasteiger partial charge in [-0.25, -0.2) is 4.68 Å². The molecule has 6 heteroatoms. The molecular weight excluding hydrogens is 210 g/mol. The first-order chi connectivity index (χ1) is 7.43. The Bertz CT molecular complexity index is 329. The van der Waals surface area contributed by atoms with E-state index in [1.54, 1.807) is 11.8 Å². The quantitative estimate of drug-likeness (QED) is 0.770. The maximum Gasteiger partial charge on any atom is 0.209 e. The highest BCUT2D eigenvalue weighted by molar-refractivity contribution is 7.99. The molecule has 15 heavy (non-hydrogen) atoms. The van der Waals surface area contributed by atoms with E-state index in [0.29, 0.717) is 12.1 Å². The predicted octanol–water partition coefficient (Wildman–Crippen LogP) is 0.852. The van der Waals surface area contributed by atoms with Gasteiger partial charge >= 0.3 is 0 Å². The Hall–Kier alpha value is -0.620. The Labute approximate surface area is 93.0 Å². The first-order valence-electron chi connectivity index (χ1n) is 5.57. The molecule has 0 aromatic carbocycles. The summed E-state index contributed by atoms with van der Waals surface area (Å²) in [6.07, 6.45) is 5.07. The third kappa shape index (κ3) is 2.15. The minimum absolute atomic E-state index is 0.582. The Balaban J connectivity index is 1.58. The highest BCUT2D eigenvalue weighted by Crippen LogP contribution is 2.36. The smallest absolute Gasteiger partial charge is 0.209 e. The van der Waals surface area contributed by atoms with Crippen molar-refractivity contribution in [3.05, 3.63) is 0 Å². The molecule has 0 radical (unpaired) electrons. The Kier molecular flexibility index (Phi) is 2.62. The molecule has 1 N–H and O–H groups in total. The number of nitrogens with zero attached hydrogens (tertiary/aromatic N) is 4. The fourth-order valence-electron chi connectivity index (χ4n) is 1.90. The van der Waals surface area contributed by atoms with Crippen LogP contribution in [-0.4, -0.2) is 38.5 Å². The summed E-state index contributed by atoms with van der Waals surface area (Å²) >= 11 is 1.78. The van der Waals surface area contributed by atoms with Crippen LogP contribution >= 0.6 is 11.8 Å². The topological polar surface area (TPSA) is 55.6 Å². The van der Waals surface area contributed by atoms with Crippen molar-refractivity contribution in [2.75, 3.05) is 12.3 Å². The molecule has 0 amide bonds. The van der Waals surface area contributed by atoms with Gasteiger partial charge in [-0.05, 0) is 42.7 Å². The van der Waals surface area contributed by atoms with Crippen molar-refractivity contribution < 1.29 is 0 Å². The van der Waals surface area contributed by atoms with Gasteiger partial charge in [0.25, 0.3) is 0 Å². The van der Waals surface area contributed by atoms with E-state index in [4.69, 9.17) is 0 Å². The zero-order valence-electron chi connectivity index (χ0n) is 8.59. The lowest BCUT2D eigenvalue weighted by molar-refractivity contribution is 0.564. The number of hydrogen-bond acceptors (Lipinski definition) is 5. The summed E-state index contributed by atoms with van der Waals surface area (Å²) in [6, 6.07) is 1.23. The van der Waals surface area contributed by atoms with E-state index in [1.165, 1.54) is 32.2 Å². The van der Waals surface area contributed by atoms with Crippen LogP contribution in [0.4, 0.5) is 0 Å². The summed E-state index contributed by atoms with van der Waals surface area (Å²) in [4.78, 5) is 0. The van der Waals surface area contributed by atoms with Crippen LogP contribution in [0.5, 0.6) is 0 Å². The van der Waals surface area contributed by atoms with Crippen molar-refractivity contribution in [1.82, 2.24) is 25.5 Å². The summed E-state index contributed by atoms with van der Waals surface area (Å²) in [6.45, 7) is 1.17. The summed E-state index contributed by atoms with van der Waals surface area (Å²) < 4.78 is 1.99. The fourth-order valence-corrected chi connectivity index (χ4v) is 2.95. The monoisotopic (exact) mass is 225 g/mol. The van der Waals surface area contributed by atoms with Crippen LogP contribution in [0.25, 0.3) is 0 Å². The molecule has 0 spiro atoms. The van der Waals surface area contributed by atoms with Gasteiger partial charge in [0.15, 0.2) is 0 Å². The number of thioether (sulfide) groups is 1.